The van der Waals surface area contributed by atoms with Crippen molar-refractivity contribution in [2.24, 2.45) is 0 Å². The van der Waals surface area contributed by atoms with E-state index >= 15 is 0 Å². The Morgan fingerprint density at radius 3 is 2.21 bits per heavy atom. The van der Waals surface area contributed by atoms with Crippen molar-refractivity contribution < 1.29 is 4.79 Å². The van der Waals surface area contributed by atoms with E-state index in [0.717, 1.165) is 38.4 Å². The van der Waals surface area contributed by atoms with Crippen molar-refractivity contribution in [3.05, 3.63) is 95.3 Å². The summed E-state index contributed by atoms with van der Waals surface area (Å²) in [5.74, 6) is 0.101. The lowest BCUT2D eigenvalue weighted by Gasteiger charge is -2.35. The van der Waals surface area contributed by atoms with Crippen LogP contribution in [-0.4, -0.2) is 46.5 Å². The van der Waals surface area contributed by atoms with Crippen molar-refractivity contribution in [3.63, 3.8) is 0 Å². The van der Waals surface area contributed by atoms with Gasteiger partial charge in [-0.05, 0) is 35.4 Å². The summed E-state index contributed by atoms with van der Waals surface area (Å²) >= 11 is 0. The maximum Gasteiger partial charge on any atom is 0.270 e. The number of hydrogen-bond donors (Lipinski definition) is 0. The monoisotopic (exact) mass is 384 g/mol. The number of carbonyl (C=O) groups excluding carboxylic acids is 1. The first kappa shape index (κ1) is 19.0. The first-order valence-corrected chi connectivity index (χ1v) is 9.93. The van der Waals surface area contributed by atoms with E-state index in [-0.39, 0.29) is 5.91 Å². The summed E-state index contributed by atoms with van der Waals surface area (Å²) in [7, 11) is 0. The average Bonchev–Trinajstić information content (AvgIpc) is 3.23. The van der Waals surface area contributed by atoms with Gasteiger partial charge in [-0.25, -0.2) is 0 Å². The van der Waals surface area contributed by atoms with Gasteiger partial charge in [0.25, 0.3) is 5.91 Å². The van der Waals surface area contributed by atoms with E-state index in [1.807, 2.05) is 70.3 Å². The fourth-order valence-electron chi connectivity index (χ4n) is 3.74. The molecule has 1 fully saturated rings. The van der Waals surface area contributed by atoms with Crippen LogP contribution >= 0.6 is 0 Å². The highest BCUT2D eigenvalue weighted by atomic mass is 16.2. The molecule has 29 heavy (non-hydrogen) atoms. The van der Waals surface area contributed by atoms with Gasteiger partial charge in [0, 0.05) is 45.5 Å². The van der Waals surface area contributed by atoms with E-state index in [0.29, 0.717) is 12.1 Å². The van der Waals surface area contributed by atoms with Gasteiger partial charge < -0.3 is 9.47 Å². The molecule has 5 nitrogen and oxygen atoms in total. The Labute approximate surface area is 171 Å². The Morgan fingerprint density at radius 2 is 1.52 bits per heavy atom. The first-order chi connectivity index (χ1) is 14.2. The van der Waals surface area contributed by atoms with Gasteiger partial charge in [-0.2, -0.15) is 5.26 Å². The van der Waals surface area contributed by atoms with Crippen molar-refractivity contribution in [1.82, 2.24) is 14.4 Å². The Hall–Kier alpha value is -3.36. The highest BCUT2D eigenvalue weighted by molar-refractivity contribution is 5.92. The van der Waals surface area contributed by atoms with E-state index in [1.54, 1.807) is 0 Å². The fraction of sp³-hybridized carbons (Fsp3) is 0.250. The summed E-state index contributed by atoms with van der Waals surface area (Å²) in [6, 6.07) is 23.9. The number of nitrogens with zero attached hydrogens (tertiary/aromatic N) is 4. The Kier molecular flexibility index (Phi) is 5.73. The number of benzene rings is 2. The third-order valence-electron chi connectivity index (χ3n) is 5.39. The third kappa shape index (κ3) is 4.56. The number of piperazine rings is 1. The van der Waals surface area contributed by atoms with Crippen LogP contribution < -0.4 is 0 Å². The molecule has 0 bridgehead atoms. The molecule has 1 aliphatic rings. The molecule has 146 valence electrons. The van der Waals surface area contributed by atoms with E-state index in [9.17, 15) is 4.79 Å². The number of rotatable bonds is 5. The summed E-state index contributed by atoms with van der Waals surface area (Å²) in [4.78, 5) is 17.4. The molecule has 1 aliphatic heterocycles. The van der Waals surface area contributed by atoms with Crippen LogP contribution in [0.1, 0.15) is 27.2 Å². The second kappa shape index (κ2) is 8.76. The number of aromatic nitrogens is 1. The molecule has 0 spiro atoms. The quantitative estimate of drug-likeness (QED) is 0.678. The standard InChI is InChI=1S/C24H24N4O/c25-17-20-8-10-22(11-9-20)18-26-13-15-27(16-14-26)24(29)23-7-4-12-28(23)19-21-5-2-1-3-6-21/h1-12H,13-16,18-19H2. The molecule has 1 saturated heterocycles. The Bertz CT molecular complexity index is 993. The normalized spacial score (nSPS) is 14.5. The lowest BCUT2D eigenvalue weighted by Crippen LogP contribution is -2.48. The minimum Gasteiger partial charge on any atom is -0.339 e. The van der Waals surface area contributed by atoms with E-state index < -0.39 is 0 Å². The fourth-order valence-corrected chi connectivity index (χ4v) is 3.74. The van der Waals surface area contributed by atoms with Gasteiger partial charge in [0.15, 0.2) is 0 Å². The zero-order valence-electron chi connectivity index (χ0n) is 16.4. The lowest BCUT2D eigenvalue weighted by molar-refractivity contribution is 0.0618. The van der Waals surface area contributed by atoms with Crippen LogP contribution in [0.2, 0.25) is 0 Å². The highest BCUT2D eigenvalue weighted by Gasteiger charge is 2.24. The lowest BCUT2D eigenvalue weighted by atomic mass is 10.1. The van der Waals surface area contributed by atoms with Crippen LogP contribution in [0.3, 0.4) is 0 Å². The van der Waals surface area contributed by atoms with Gasteiger partial charge in [0.2, 0.25) is 0 Å². The molecular weight excluding hydrogens is 360 g/mol. The minimum absolute atomic E-state index is 0.101. The van der Waals surface area contributed by atoms with Crippen molar-refractivity contribution in [3.8, 4) is 6.07 Å². The maximum absolute atomic E-state index is 13.1. The van der Waals surface area contributed by atoms with Gasteiger partial charge >= 0.3 is 0 Å². The van der Waals surface area contributed by atoms with Gasteiger partial charge in [0.05, 0.1) is 11.6 Å². The summed E-state index contributed by atoms with van der Waals surface area (Å²) in [6.07, 6.45) is 1.97. The Balaban J connectivity index is 1.35. The SMILES string of the molecule is N#Cc1ccc(CN2CCN(C(=O)c3cccn3Cc3ccccc3)CC2)cc1. The molecule has 0 unspecified atom stereocenters. The van der Waals surface area contributed by atoms with Gasteiger partial charge in [0.1, 0.15) is 5.69 Å². The summed E-state index contributed by atoms with van der Waals surface area (Å²) in [5.41, 5.74) is 3.81. The van der Waals surface area contributed by atoms with Crippen LogP contribution in [0.25, 0.3) is 0 Å². The van der Waals surface area contributed by atoms with Gasteiger partial charge in [-0.3, -0.25) is 9.69 Å². The van der Waals surface area contributed by atoms with Gasteiger partial charge in [-0.1, -0.05) is 42.5 Å². The average molecular weight is 384 g/mol. The van der Waals surface area contributed by atoms with Crippen LogP contribution in [0.4, 0.5) is 0 Å². The van der Waals surface area contributed by atoms with Crippen LogP contribution in [0, 0.1) is 11.3 Å². The molecule has 0 aliphatic carbocycles. The topological polar surface area (TPSA) is 52.3 Å². The molecule has 2 aromatic carbocycles. The third-order valence-corrected chi connectivity index (χ3v) is 5.39. The predicted octanol–water partition coefficient (Wildman–Crippen LogP) is 3.37. The van der Waals surface area contributed by atoms with Crippen molar-refractivity contribution in [2.45, 2.75) is 13.1 Å². The first-order valence-electron chi connectivity index (χ1n) is 9.93. The zero-order chi connectivity index (χ0) is 20.1. The van der Waals surface area contributed by atoms with Crippen LogP contribution in [0.15, 0.2) is 72.9 Å². The van der Waals surface area contributed by atoms with Crippen molar-refractivity contribution in [2.75, 3.05) is 26.2 Å². The maximum atomic E-state index is 13.1. The zero-order valence-corrected chi connectivity index (χ0v) is 16.4. The van der Waals surface area contributed by atoms with E-state index in [2.05, 4.69) is 23.1 Å². The van der Waals surface area contributed by atoms with E-state index in [1.165, 1.54) is 11.1 Å². The van der Waals surface area contributed by atoms with Gasteiger partial charge in [-0.15, -0.1) is 0 Å². The highest BCUT2D eigenvalue weighted by Crippen LogP contribution is 2.14. The largest absolute Gasteiger partial charge is 0.339 e. The summed E-state index contributed by atoms with van der Waals surface area (Å²) < 4.78 is 2.03. The summed E-state index contributed by atoms with van der Waals surface area (Å²) in [6.45, 7) is 4.71. The molecule has 0 saturated carbocycles. The molecular formula is C24H24N4O. The van der Waals surface area contributed by atoms with Crippen LogP contribution in [0.5, 0.6) is 0 Å². The molecule has 1 aromatic heterocycles. The number of amides is 1. The molecule has 3 aromatic rings. The number of nitriles is 1. The molecule has 0 N–H and O–H groups in total. The molecule has 2 heterocycles. The second-order valence-corrected chi connectivity index (χ2v) is 7.38. The molecule has 0 radical (unpaired) electrons. The van der Waals surface area contributed by atoms with Crippen molar-refractivity contribution in [1.29, 1.82) is 5.26 Å². The molecule has 5 heteroatoms. The summed E-state index contributed by atoms with van der Waals surface area (Å²) in [5, 5.41) is 8.91. The minimum atomic E-state index is 0.101. The smallest absolute Gasteiger partial charge is 0.270 e. The predicted molar refractivity (Wildman–Crippen MR) is 112 cm³/mol. The molecule has 4 rings (SSSR count). The van der Waals surface area contributed by atoms with E-state index in [4.69, 9.17) is 5.26 Å². The molecule has 0 atom stereocenters. The molecule has 1 amide bonds. The van der Waals surface area contributed by atoms with Crippen LogP contribution in [-0.2, 0) is 13.1 Å². The number of carbonyl (C=O) groups is 1. The second-order valence-electron chi connectivity index (χ2n) is 7.38. The van der Waals surface area contributed by atoms with Crippen molar-refractivity contribution >= 4 is 5.91 Å². The number of hydrogen-bond acceptors (Lipinski definition) is 3. The Morgan fingerprint density at radius 1 is 0.828 bits per heavy atom.